The molecule has 1 N–H and O–H groups in total. The molecule has 0 radical (unpaired) electrons. The third kappa shape index (κ3) is 5.09. The fraction of sp³-hybridized carbons (Fsp3) is 0.435. The van der Waals surface area contributed by atoms with Crippen molar-refractivity contribution in [1.29, 1.82) is 0 Å². The minimum absolute atomic E-state index is 0.150. The lowest BCUT2D eigenvalue weighted by Crippen LogP contribution is -2.48. The number of hydrogen-bond acceptors (Lipinski definition) is 4. The van der Waals surface area contributed by atoms with Crippen LogP contribution in [0.15, 0.2) is 53.4 Å². The van der Waals surface area contributed by atoms with Crippen LogP contribution in [-0.4, -0.2) is 43.9 Å². The molecular formula is C23H30N2O4S. The van der Waals surface area contributed by atoms with Gasteiger partial charge >= 0.3 is 0 Å². The maximum absolute atomic E-state index is 12.9. The van der Waals surface area contributed by atoms with Gasteiger partial charge in [0, 0.05) is 18.7 Å². The molecule has 162 valence electrons. The highest BCUT2D eigenvalue weighted by Gasteiger charge is 2.32. The van der Waals surface area contributed by atoms with Gasteiger partial charge in [0.25, 0.3) is 5.91 Å². The van der Waals surface area contributed by atoms with Crippen LogP contribution in [0.3, 0.4) is 0 Å². The number of nitrogens with one attached hydrogen (secondary N) is 1. The van der Waals surface area contributed by atoms with Crippen LogP contribution in [0, 0.1) is 0 Å². The predicted molar refractivity (Wildman–Crippen MR) is 117 cm³/mol. The van der Waals surface area contributed by atoms with Gasteiger partial charge in [-0.2, -0.15) is 4.31 Å². The minimum Gasteiger partial charge on any atom is -0.373 e. The van der Waals surface area contributed by atoms with Crippen LogP contribution < -0.4 is 5.32 Å². The Balaban J connectivity index is 1.69. The lowest BCUT2D eigenvalue weighted by atomic mass is 10.0. The number of carbonyl (C=O) groups excluding carboxylic acids is 1. The Morgan fingerprint density at radius 3 is 2.17 bits per heavy atom. The number of aryl methyl sites for hydroxylation is 1. The molecule has 0 aliphatic carbocycles. The van der Waals surface area contributed by atoms with E-state index in [1.807, 2.05) is 32.9 Å². The summed E-state index contributed by atoms with van der Waals surface area (Å²) >= 11 is 0. The van der Waals surface area contributed by atoms with Gasteiger partial charge in [0.05, 0.1) is 23.1 Å². The van der Waals surface area contributed by atoms with Gasteiger partial charge in [-0.05, 0) is 62.6 Å². The van der Waals surface area contributed by atoms with Crippen LogP contribution in [0.25, 0.3) is 0 Å². The van der Waals surface area contributed by atoms with Gasteiger partial charge in [-0.25, -0.2) is 8.42 Å². The summed E-state index contributed by atoms with van der Waals surface area (Å²) in [4.78, 5) is 12.8. The molecular weight excluding hydrogens is 400 g/mol. The van der Waals surface area contributed by atoms with Gasteiger partial charge in [-0.15, -0.1) is 0 Å². The molecule has 1 aliphatic heterocycles. The van der Waals surface area contributed by atoms with Crippen molar-refractivity contribution in [2.45, 2.75) is 57.3 Å². The maximum atomic E-state index is 12.9. The van der Waals surface area contributed by atoms with Gasteiger partial charge in [-0.3, -0.25) is 4.79 Å². The van der Waals surface area contributed by atoms with Crippen LogP contribution in [-0.2, 0) is 21.2 Å². The zero-order valence-electron chi connectivity index (χ0n) is 18.0. The number of morpholine rings is 1. The number of amides is 1. The number of nitrogens with zero attached hydrogens (tertiary/aromatic N) is 1. The zero-order chi connectivity index (χ0) is 21.9. The Kier molecular flexibility index (Phi) is 6.95. The summed E-state index contributed by atoms with van der Waals surface area (Å²) in [6, 6.07) is 14.1. The Morgan fingerprint density at radius 2 is 1.63 bits per heavy atom. The first kappa shape index (κ1) is 22.5. The highest BCUT2D eigenvalue weighted by atomic mass is 32.2. The van der Waals surface area contributed by atoms with Crippen LogP contribution in [0.2, 0.25) is 0 Å². The molecule has 6 nitrogen and oxygen atoms in total. The summed E-state index contributed by atoms with van der Waals surface area (Å²) in [7, 11) is -3.62. The Hall–Kier alpha value is -2.22. The molecule has 7 heteroatoms. The lowest BCUT2D eigenvalue weighted by molar-refractivity contribution is -0.0440. The van der Waals surface area contributed by atoms with E-state index in [0.717, 1.165) is 12.0 Å². The van der Waals surface area contributed by atoms with Gasteiger partial charge in [0.15, 0.2) is 0 Å². The molecule has 1 aliphatic rings. The first-order chi connectivity index (χ1) is 14.2. The highest BCUT2D eigenvalue weighted by molar-refractivity contribution is 7.89. The van der Waals surface area contributed by atoms with Crippen LogP contribution in [0.1, 0.15) is 55.2 Å². The normalized spacial score (nSPS) is 21.2. The molecule has 1 heterocycles. The third-order valence-corrected chi connectivity index (χ3v) is 7.22. The molecule has 3 atom stereocenters. The Labute approximate surface area is 179 Å². The molecule has 0 bridgehead atoms. The van der Waals surface area contributed by atoms with Crippen molar-refractivity contribution in [2.24, 2.45) is 0 Å². The van der Waals surface area contributed by atoms with Crippen LogP contribution in [0.4, 0.5) is 0 Å². The molecule has 2 aromatic carbocycles. The highest BCUT2D eigenvalue weighted by Crippen LogP contribution is 2.22. The minimum atomic E-state index is -3.62. The van der Waals surface area contributed by atoms with Crippen molar-refractivity contribution >= 4 is 15.9 Å². The van der Waals surface area contributed by atoms with Crippen molar-refractivity contribution in [3.05, 3.63) is 65.2 Å². The van der Waals surface area contributed by atoms with Gasteiger partial charge in [-0.1, -0.05) is 31.2 Å². The summed E-state index contributed by atoms with van der Waals surface area (Å²) in [6.07, 6.45) is 0.668. The average Bonchev–Trinajstić information content (AvgIpc) is 2.73. The number of carbonyl (C=O) groups is 1. The second-order valence-corrected chi connectivity index (χ2v) is 9.83. The van der Waals surface area contributed by atoms with E-state index in [2.05, 4.69) is 24.4 Å². The van der Waals surface area contributed by atoms with Crippen molar-refractivity contribution in [3.63, 3.8) is 0 Å². The SMILES string of the molecule is CCc1ccc(C(C)NC(=O)c2ccc(S(=O)(=O)N3CC(C)OC(C)C3)cc2)cc1. The summed E-state index contributed by atoms with van der Waals surface area (Å²) in [5.41, 5.74) is 2.70. The number of ether oxygens (including phenoxy) is 1. The van der Waals surface area contributed by atoms with E-state index in [0.29, 0.717) is 18.7 Å². The molecule has 3 unspecified atom stereocenters. The molecule has 3 rings (SSSR count). The number of hydrogen-bond donors (Lipinski definition) is 1. The Morgan fingerprint density at radius 1 is 1.07 bits per heavy atom. The van der Waals surface area contributed by atoms with E-state index in [1.54, 1.807) is 12.1 Å². The summed E-state index contributed by atoms with van der Waals surface area (Å²) in [5.74, 6) is -0.236. The molecule has 30 heavy (non-hydrogen) atoms. The predicted octanol–water partition coefficient (Wildman–Crippen LogP) is 3.54. The average molecular weight is 431 g/mol. The molecule has 1 amide bonds. The first-order valence-electron chi connectivity index (χ1n) is 10.4. The fourth-order valence-electron chi connectivity index (χ4n) is 3.66. The zero-order valence-corrected chi connectivity index (χ0v) is 18.8. The largest absolute Gasteiger partial charge is 0.373 e. The van der Waals surface area contributed by atoms with Crippen molar-refractivity contribution in [2.75, 3.05) is 13.1 Å². The van der Waals surface area contributed by atoms with Crippen LogP contribution >= 0.6 is 0 Å². The number of benzene rings is 2. The van der Waals surface area contributed by atoms with E-state index < -0.39 is 10.0 Å². The maximum Gasteiger partial charge on any atom is 0.251 e. The van der Waals surface area contributed by atoms with E-state index in [9.17, 15) is 13.2 Å². The number of rotatable bonds is 6. The van der Waals surface area contributed by atoms with Gasteiger partial charge in [0.1, 0.15) is 0 Å². The molecule has 2 aromatic rings. The molecule has 1 saturated heterocycles. The lowest BCUT2D eigenvalue weighted by Gasteiger charge is -2.34. The molecule has 0 spiro atoms. The van der Waals surface area contributed by atoms with E-state index in [4.69, 9.17) is 4.74 Å². The first-order valence-corrected chi connectivity index (χ1v) is 11.8. The van der Waals surface area contributed by atoms with E-state index in [1.165, 1.54) is 22.0 Å². The topological polar surface area (TPSA) is 75.7 Å². The molecule has 0 aromatic heterocycles. The summed E-state index contributed by atoms with van der Waals surface area (Å²) in [5, 5.41) is 2.97. The third-order valence-electron chi connectivity index (χ3n) is 5.38. The standard InChI is InChI=1S/C23H30N2O4S/c1-5-19-6-8-20(9-7-19)18(4)24-23(26)21-10-12-22(13-11-21)30(27,28)25-14-16(2)29-17(3)15-25/h6-13,16-18H,5,14-15H2,1-4H3,(H,24,26). The van der Waals surface area contributed by atoms with E-state index >= 15 is 0 Å². The van der Waals surface area contributed by atoms with E-state index in [-0.39, 0.29) is 29.1 Å². The van der Waals surface area contributed by atoms with Crippen molar-refractivity contribution in [1.82, 2.24) is 9.62 Å². The fourth-order valence-corrected chi connectivity index (χ4v) is 5.25. The quantitative estimate of drug-likeness (QED) is 0.761. The van der Waals surface area contributed by atoms with Crippen molar-refractivity contribution < 1.29 is 17.9 Å². The smallest absolute Gasteiger partial charge is 0.251 e. The van der Waals surface area contributed by atoms with Crippen LogP contribution in [0.5, 0.6) is 0 Å². The molecule has 1 fully saturated rings. The van der Waals surface area contributed by atoms with Crippen molar-refractivity contribution in [3.8, 4) is 0 Å². The Bertz CT molecular complexity index is 961. The van der Waals surface area contributed by atoms with Gasteiger partial charge in [0.2, 0.25) is 10.0 Å². The van der Waals surface area contributed by atoms with Gasteiger partial charge < -0.3 is 10.1 Å². The second-order valence-electron chi connectivity index (χ2n) is 7.89. The summed E-state index contributed by atoms with van der Waals surface area (Å²) < 4.78 is 33.0. The monoisotopic (exact) mass is 430 g/mol. The summed E-state index contributed by atoms with van der Waals surface area (Å²) in [6.45, 7) is 8.40. The second kappa shape index (κ2) is 9.29. The number of sulfonamides is 1. The molecule has 0 saturated carbocycles.